The van der Waals surface area contributed by atoms with Gasteiger partial charge in [-0.05, 0) is 73.2 Å². The molecule has 5 fully saturated rings. The summed E-state index contributed by atoms with van der Waals surface area (Å²) in [5, 5.41) is 15.3. The van der Waals surface area contributed by atoms with E-state index in [2.05, 4.69) is 25.1 Å². The van der Waals surface area contributed by atoms with Crippen LogP contribution in [0.25, 0.3) is 32.8 Å². The molecule has 5 aliphatic heterocycles. The molecule has 10 heteroatoms. The van der Waals surface area contributed by atoms with Crippen molar-refractivity contribution in [3.63, 3.8) is 0 Å². The number of ether oxygens (including phenoxy) is 1. The van der Waals surface area contributed by atoms with Crippen molar-refractivity contribution < 1.29 is 23.0 Å². The SMILES string of the molecule is COc1nc(N2CC3CCC2CN3)c2cc(F)c(-c3cc(O)cc4ccccc34)c(F)c2n1.FC1CC2CCCN2C1. The van der Waals surface area contributed by atoms with E-state index < -0.39 is 17.8 Å². The van der Waals surface area contributed by atoms with E-state index in [9.17, 15) is 9.50 Å². The van der Waals surface area contributed by atoms with Gasteiger partial charge in [0.15, 0.2) is 5.82 Å². The molecule has 4 unspecified atom stereocenters. The number of phenolic OH excluding ortho intramolecular Hbond substituents is 1. The monoisotopic (exact) mass is 577 g/mol. The molecule has 0 radical (unpaired) electrons. The minimum absolute atomic E-state index is 0.00456. The Morgan fingerprint density at radius 2 is 1.86 bits per heavy atom. The number of piperidine rings is 2. The van der Waals surface area contributed by atoms with E-state index in [0.29, 0.717) is 47.1 Å². The predicted octanol–water partition coefficient (Wildman–Crippen LogP) is 5.58. The van der Waals surface area contributed by atoms with Gasteiger partial charge in [0, 0.05) is 43.1 Å². The number of rotatable bonds is 3. The second kappa shape index (κ2) is 10.9. The first-order chi connectivity index (χ1) is 20.4. The van der Waals surface area contributed by atoms with Crippen molar-refractivity contribution in [1.82, 2.24) is 20.2 Å². The van der Waals surface area contributed by atoms with E-state index in [-0.39, 0.29) is 34.4 Å². The fraction of sp³-hybridized carbons (Fsp3) is 0.438. The van der Waals surface area contributed by atoms with Gasteiger partial charge in [-0.3, -0.25) is 4.90 Å². The van der Waals surface area contributed by atoms with Crippen LogP contribution >= 0.6 is 0 Å². The Bertz CT molecular complexity index is 1630. The Kier molecular flexibility index (Phi) is 7.06. The van der Waals surface area contributed by atoms with Crippen LogP contribution in [-0.4, -0.2) is 77.6 Å². The zero-order chi connectivity index (χ0) is 29.0. The van der Waals surface area contributed by atoms with Crippen molar-refractivity contribution in [3.8, 4) is 22.9 Å². The molecule has 0 spiro atoms. The van der Waals surface area contributed by atoms with Crippen molar-refractivity contribution in [2.75, 3.05) is 38.2 Å². The predicted molar refractivity (Wildman–Crippen MR) is 157 cm³/mol. The highest BCUT2D eigenvalue weighted by Gasteiger charge is 2.36. The maximum atomic E-state index is 16.0. The smallest absolute Gasteiger partial charge is 0.318 e. The van der Waals surface area contributed by atoms with E-state index in [1.54, 1.807) is 24.3 Å². The summed E-state index contributed by atoms with van der Waals surface area (Å²) in [6.45, 7) is 3.37. The van der Waals surface area contributed by atoms with Crippen LogP contribution in [0.1, 0.15) is 32.1 Å². The Hall–Kier alpha value is -3.63. The number of alkyl halides is 1. The lowest BCUT2D eigenvalue weighted by atomic mass is 9.92. The van der Waals surface area contributed by atoms with Gasteiger partial charge in [0.05, 0.1) is 12.7 Å². The van der Waals surface area contributed by atoms with Gasteiger partial charge in [-0.2, -0.15) is 9.97 Å². The van der Waals surface area contributed by atoms with Crippen LogP contribution in [0.2, 0.25) is 0 Å². The molecule has 5 aliphatic rings. The zero-order valence-corrected chi connectivity index (χ0v) is 23.5. The highest BCUT2D eigenvalue weighted by molar-refractivity contribution is 6.01. The molecule has 1 aromatic heterocycles. The van der Waals surface area contributed by atoms with E-state index >= 15 is 8.78 Å². The van der Waals surface area contributed by atoms with Gasteiger partial charge in [0.2, 0.25) is 0 Å². The lowest BCUT2D eigenvalue weighted by molar-refractivity contribution is 0.288. The second-order valence-electron chi connectivity index (χ2n) is 11.8. The number of benzene rings is 3. The first-order valence-electron chi connectivity index (χ1n) is 14.7. The number of fused-ring (bicyclic) bond motifs is 6. The van der Waals surface area contributed by atoms with Crippen LogP contribution in [0, 0.1) is 11.6 Å². The van der Waals surface area contributed by atoms with Gasteiger partial charge in [-0.15, -0.1) is 0 Å². The lowest BCUT2D eigenvalue weighted by Crippen LogP contribution is -2.61. The molecule has 0 amide bonds. The quantitative estimate of drug-likeness (QED) is 0.330. The standard InChI is InChI=1S/C25H22F2N4O2.C7H12FN/c1-33-25-29-23-19(24(30-25)31-12-14-6-7-15(31)11-28-14)10-20(26)21(22(23)27)18-9-16(32)8-13-4-2-3-5-17(13)18;8-6-4-7-2-1-3-9(7)5-6/h2-5,8-10,14-15,28,32H,6-7,11-12H2,1H3;6-7H,1-5H2. The molecule has 42 heavy (non-hydrogen) atoms. The third-order valence-electron chi connectivity index (χ3n) is 9.22. The van der Waals surface area contributed by atoms with Crippen LogP contribution in [-0.2, 0) is 0 Å². The summed E-state index contributed by atoms with van der Waals surface area (Å²) in [6, 6.07) is 12.6. The largest absolute Gasteiger partial charge is 0.508 e. The Morgan fingerprint density at radius 1 is 1.00 bits per heavy atom. The van der Waals surface area contributed by atoms with Crippen LogP contribution < -0.4 is 15.0 Å². The van der Waals surface area contributed by atoms with Crippen molar-refractivity contribution in [2.45, 2.75) is 56.4 Å². The maximum Gasteiger partial charge on any atom is 0.318 e. The van der Waals surface area contributed by atoms with Crippen LogP contribution in [0.15, 0.2) is 42.5 Å². The van der Waals surface area contributed by atoms with E-state index in [0.717, 1.165) is 32.4 Å². The Morgan fingerprint density at radius 3 is 2.60 bits per heavy atom. The molecule has 6 heterocycles. The molecule has 220 valence electrons. The number of methoxy groups -OCH3 is 1. The van der Waals surface area contributed by atoms with Crippen molar-refractivity contribution in [3.05, 3.63) is 54.1 Å². The Labute approximate surface area is 242 Å². The van der Waals surface area contributed by atoms with E-state index in [1.165, 1.54) is 32.1 Å². The number of nitrogens with zero attached hydrogens (tertiary/aromatic N) is 4. The van der Waals surface area contributed by atoms with Gasteiger partial charge in [0.1, 0.15) is 29.1 Å². The summed E-state index contributed by atoms with van der Waals surface area (Å²) in [5.74, 6) is -1.12. The van der Waals surface area contributed by atoms with Gasteiger partial charge in [-0.1, -0.05) is 24.3 Å². The van der Waals surface area contributed by atoms with Crippen LogP contribution in [0.5, 0.6) is 11.8 Å². The van der Waals surface area contributed by atoms with Gasteiger partial charge < -0.3 is 20.1 Å². The van der Waals surface area contributed by atoms with Crippen LogP contribution in [0.3, 0.4) is 0 Å². The number of aromatic nitrogens is 2. The van der Waals surface area contributed by atoms with Gasteiger partial charge in [-0.25, -0.2) is 13.2 Å². The summed E-state index contributed by atoms with van der Waals surface area (Å²) in [6.07, 6.45) is 4.87. The van der Waals surface area contributed by atoms with E-state index in [4.69, 9.17) is 4.74 Å². The van der Waals surface area contributed by atoms with Crippen molar-refractivity contribution in [1.29, 1.82) is 0 Å². The molecule has 5 saturated heterocycles. The molecule has 0 saturated carbocycles. The number of hydrogen-bond donors (Lipinski definition) is 2. The fourth-order valence-corrected chi connectivity index (χ4v) is 7.21. The molecular weight excluding hydrogens is 543 g/mol. The van der Waals surface area contributed by atoms with Gasteiger partial charge in [0.25, 0.3) is 0 Å². The maximum absolute atomic E-state index is 16.0. The molecule has 7 nitrogen and oxygen atoms in total. The molecular formula is C32H34F3N5O2. The number of nitrogens with one attached hydrogen (secondary N) is 1. The highest BCUT2D eigenvalue weighted by atomic mass is 19.1. The van der Waals surface area contributed by atoms with Gasteiger partial charge >= 0.3 is 6.01 Å². The molecule has 2 N–H and O–H groups in total. The minimum atomic E-state index is -0.803. The molecule has 4 aromatic rings. The molecule has 3 aromatic carbocycles. The number of halogens is 3. The molecule has 2 bridgehead atoms. The third-order valence-corrected chi connectivity index (χ3v) is 9.22. The topological polar surface area (TPSA) is 73.8 Å². The van der Waals surface area contributed by atoms with Crippen molar-refractivity contribution >= 4 is 27.5 Å². The normalized spacial score (nSPS) is 25.1. The number of piperazine rings is 1. The molecule has 0 aliphatic carbocycles. The summed E-state index contributed by atoms with van der Waals surface area (Å²) in [5.41, 5.74) is 0.0288. The summed E-state index contributed by atoms with van der Waals surface area (Å²) in [4.78, 5) is 13.2. The lowest BCUT2D eigenvalue weighted by Gasteiger charge is -2.46. The number of hydrogen-bond acceptors (Lipinski definition) is 7. The third kappa shape index (κ3) is 4.80. The van der Waals surface area contributed by atoms with Crippen molar-refractivity contribution in [2.24, 2.45) is 0 Å². The summed E-state index contributed by atoms with van der Waals surface area (Å²) >= 11 is 0. The van der Waals surface area contributed by atoms with E-state index in [1.807, 2.05) is 6.07 Å². The summed E-state index contributed by atoms with van der Waals surface area (Å²) in [7, 11) is 1.43. The molecule has 9 rings (SSSR count). The first-order valence-corrected chi connectivity index (χ1v) is 14.7. The average Bonchev–Trinajstić information content (AvgIpc) is 3.58. The highest BCUT2D eigenvalue weighted by Crippen LogP contribution is 2.41. The Balaban J connectivity index is 0.000000272. The zero-order valence-electron chi connectivity index (χ0n) is 23.5. The number of aromatic hydroxyl groups is 1. The summed E-state index contributed by atoms with van der Waals surface area (Å²) < 4.78 is 49.5. The van der Waals surface area contributed by atoms with Crippen LogP contribution in [0.4, 0.5) is 19.0 Å². The minimum Gasteiger partial charge on any atom is -0.508 e. The number of anilines is 1. The average molecular weight is 578 g/mol. The number of phenols is 1. The first kappa shape index (κ1) is 27.2. The second-order valence-corrected chi connectivity index (χ2v) is 11.8. The fourth-order valence-electron chi connectivity index (χ4n) is 7.21. The molecule has 4 atom stereocenters.